The van der Waals surface area contributed by atoms with Crippen molar-refractivity contribution in [2.75, 3.05) is 0 Å². The van der Waals surface area contributed by atoms with E-state index in [1.165, 1.54) is 25.7 Å². The van der Waals surface area contributed by atoms with Crippen LogP contribution in [0.15, 0.2) is 0 Å². The molecule has 3 radical (unpaired) electrons. The predicted octanol–water partition coefficient (Wildman–Crippen LogP) is 3.12. The van der Waals surface area contributed by atoms with Crippen LogP contribution in [0.1, 0.15) is 39.0 Å². The molecule has 2 heteroatoms. The normalized spacial score (nSPS) is 60.2. The summed E-state index contributed by atoms with van der Waals surface area (Å²) in [5, 5.41) is -0.0000463. The van der Waals surface area contributed by atoms with Gasteiger partial charge in [0.15, 0.2) is 0 Å². The molecule has 5 unspecified atom stereocenters. The Morgan fingerprint density at radius 1 is 1.12 bits per heavy atom. The minimum absolute atomic E-state index is 0.0000463. The van der Waals surface area contributed by atoms with E-state index in [0.29, 0.717) is 0 Å². The molecule has 4 aliphatic rings. The van der Waals surface area contributed by atoms with Gasteiger partial charge in [-0.15, -0.1) is 0 Å². The average molecular weight is 211 g/mol. The standard InChI is InChI=1S/C14H21B2/c1-13(15,16-2)12-10-5-3-8-7-9-4-6-11(12)14(8,9)10/h8-12H,3-7H2,1-2H3. The van der Waals surface area contributed by atoms with Gasteiger partial charge in [-0.3, -0.25) is 0 Å². The van der Waals surface area contributed by atoms with Gasteiger partial charge in [-0.25, -0.2) is 0 Å². The lowest BCUT2D eigenvalue weighted by Gasteiger charge is -2.70. The molecule has 0 aromatic heterocycles. The van der Waals surface area contributed by atoms with E-state index >= 15 is 0 Å². The Balaban J connectivity index is 1.70. The molecule has 0 saturated heterocycles. The molecular formula is C14H21B2. The van der Waals surface area contributed by atoms with Gasteiger partial charge in [0.2, 0.25) is 0 Å². The van der Waals surface area contributed by atoms with Gasteiger partial charge in [-0.05, 0) is 67.1 Å². The van der Waals surface area contributed by atoms with Crippen LogP contribution >= 0.6 is 0 Å². The van der Waals surface area contributed by atoms with Gasteiger partial charge in [0.1, 0.15) is 7.28 Å². The van der Waals surface area contributed by atoms with Crippen molar-refractivity contribution in [1.29, 1.82) is 0 Å². The summed E-state index contributed by atoms with van der Waals surface area (Å²) in [6.45, 7) is 4.43. The lowest BCUT2D eigenvalue weighted by molar-refractivity contribution is -0.195. The molecule has 0 aliphatic heterocycles. The molecule has 1 spiro atoms. The van der Waals surface area contributed by atoms with Crippen LogP contribution in [0.25, 0.3) is 0 Å². The zero-order chi connectivity index (χ0) is 11.1. The van der Waals surface area contributed by atoms with Crippen molar-refractivity contribution in [3.8, 4) is 0 Å². The Hall–Kier alpha value is 0.130. The first-order chi connectivity index (χ1) is 7.62. The Morgan fingerprint density at radius 3 is 2.19 bits per heavy atom. The van der Waals surface area contributed by atoms with Crippen molar-refractivity contribution in [3.63, 3.8) is 0 Å². The van der Waals surface area contributed by atoms with Crippen molar-refractivity contribution in [2.24, 2.45) is 35.0 Å². The Morgan fingerprint density at radius 2 is 1.69 bits per heavy atom. The van der Waals surface area contributed by atoms with Crippen LogP contribution in [0.5, 0.6) is 0 Å². The molecule has 83 valence electrons. The fourth-order valence-electron chi connectivity index (χ4n) is 6.61. The van der Waals surface area contributed by atoms with Crippen molar-refractivity contribution in [1.82, 2.24) is 0 Å². The number of hydrogen-bond acceptors (Lipinski definition) is 0. The summed E-state index contributed by atoms with van der Waals surface area (Å²) < 4.78 is 0. The average Bonchev–Trinajstić information content (AvgIpc) is 2.59. The fraction of sp³-hybridized carbons (Fsp3) is 1.00. The van der Waals surface area contributed by atoms with Crippen molar-refractivity contribution in [2.45, 2.75) is 51.1 Å². The van der Waals surface area contributed by atoms with E-state index in [4.69, 9.17) is 7.85 Å². The maximum absolute atomic E-state index is 6.53. The third-order valence-electron chi connectivity index (χ3n) is 7.13. The van der Waals surface area contributed by atoms with Gasteiger partial charge in [-0.2, -0.15) is 0 Å². The Bertz CT molecular complexity index is 312. The predicted molar refractivity (Wildman–Crippen MR) is 68.7 cm³/mol. The van der Waals surface area contributed by atoms with Crippen LogP contribution in [-0.2, 0) is 0 Å². The minimum atomic E-state index is -0.0000463. The molecule has 0 amide bonds. The summed E-state index contributed by atoms with van der Waals surface area (Å²) in [6, 6.07) is 0. The molecule has 16 heavy (non-hydrogen) atoms. The van der Waals surface area contributed by atoms with Crippen molar-refractivity contribution in [3.05, 3.63) is 0 Å². The van der Waals surface area contributed by atoms with E-state index in [2.05, 4.69) is 21.0 Å². The van der Waals surface area contributed by atoms with Crippen LogP contribution in [0.3, 0.4) is 0 Å². The molecule has 4 fully saturated rings. The Kier molecular flexibility index (Phi) is 1.74. The third kappa shape index (κ3) is 0.801. The van der Waals surface area contributed by atoms with Crippen molar-refractivity contribution >= 4 is 15.1 Å². The van der Waals surface area contributed by atoms with Gasteiger partial charge in [0, 0.05) is 0 Å². The highest BCUT2D eigenvalue weighted by Gasteiger charge is 2.77. The zero-order valence-corrected chi connectivity index (χ0v) is 10.6. The lowest BCUT2D eigenvalue weighted by atomic mass is 9.26. The van der Waals surface area contributed by atoms with Gasteiger partial charge in [-0.1, -0.05) is 19.0 Å². The number of rotatable bonds is 2. The molecule has 0 aromatic rings. The topological polar surface area (TPSA) is 0 Å². The SMILES string of the molecule is [B]C(C)([B]C)C1C2CCC3CC4CCC1C342. The third-order valence-corrected chi connectivity index (χ3v) is 7.13. The first kappa shape index (κ1) is 10.1. The molecule has 0 N–H and O–H groups in total. The second-order valence-corrected chi connectivity index (χ2v) is 7.18. The zero-order valence-electron chi connectivity index (χ0n) is 10.6. The largest absolute Gasteiger partial charge is 0.103 e. The van der Waals surface area contributed by atoms with Gasteiger partial charge in [0.05, 0.1) is 7.85 Å². The lowest BCUT2D eigenvalue weighted by Crippen LogP contribution is -2.65. The molecule has 4 aliphatic carbocycles. The highest BCUT2D eigenvalue weighted by molar-refractivity contribution is 6.52. The molecule has 0 heterocycles. The van der Waals surface area contributed by atoms with E-state index in [-0.39, 0.29) is 5.21 Å². The maximum Gasteiger partial charge on any atom is 0.103 e. The first-order valence-corrected chi connectivity index (χ1v) is 7.21. The summed E-state index contributed by atoms with van der Waals surface area (Å²) in [4.78, 5) is 0. The van der Waals surface area contributed by atoms with Crippen LogP contribution in [0, 0.1) is 35.0 Å². The molecule has 0 bridgehead atoms. The highest BCUT2D eigenvalue weighted by Crippen LogP contribution is 2.84. The van der Waals surface area contributed by atoms with Crippen LogP contribution in [-0.4, -0.2) is 15.1 Å². The highest BCUT2D eigenvalue weighted by atomic mass is 14.8. The summed E-state index contributed by atoms with van der Waals surface area (Å²) in [6.07, 6.45) is 7.59. The molecule has 4 rings (SSSR count). The quantitative estimate of drug-likeness (QED) is 0.615. The van der Waals surface area contributed by atoms with Gasteiger partial charge in [0.25, 0.3) is 0 Å². The first-order valence-electron chi connectivity index (χ1n) is 7.21. The smallest absolute Gasteiger partial charge is 0.0922 e. The second-order valence-electron chi connectivity index (χ2n) is 7.18. The summed E-state index contributed by atoms with van der Waals surface area (Å²) >= 11 is 0. The van der Waals surface area contributed by atoms with E-state index in [9.17, 15) is 0 Å². The maximum atomic E-state index is 6.53. The minimum Gasteiger partial charge on any atom is -0.0922 e. The Labute approximate surface area is 102 Å². The van der Waals surface area contributed by atoms with Crippen LogP contribution in [0.4, 0.5) is 0 Å². The van der Waals surface area contributed by atoms with E-state index < -0.39 is 0 Å². The second kappa shape index (κ2) is 2.75. The van der Waals surface area contributed by atoms with Crippen molar-refractivity contribution < 1.29 is 0 Å². The summed E-state index contributed by atoms with van der Waals surface area (Å²) in [5.41, 5.74) is 0.828. The van der Waals surface area contributed by atoms with E-state index in [0.717, 1.165) is 35.0 Å². The molecule has 5 atom stereocenters. The number of hydrogen-bond donors (Lipinski definition) is 0. The van der Waals surface area contributed by atoms with E-state index in [1.807, 2.05) is 0 Å². The van der Waals surface area contributed by atoms with Crippen LogP contribution in [0.2, 0.25) is 12.0 Å². The molecule has 0 aromatic carbocycles. The van der Waals surface area contributed by atoms with Crippen LogP contribution < -0.4 is 0 Å². The summed E-state index contributed by atoms with van der Waals surface area (Å²) in [7, 11) is 8.80. The molecule has 4 saturated carbocycles. The molecule has 0 nitrogen and oxygen atoms in total. The monoisotopic (exact) mass is 211 g/mol. The fourth-order valence-corrected chi connectivity index (χ4v) is 6.61. The molecular weight excluding hydrogens is 190 g/mol. The van der Waals surface area contributed by atoms with Gasteiger partial charge < -0.3 is 0 Å². The summed E-state index contributed by atoms with van der Waals surface area (Å²) in [5.74, 6) is 5.02. The van der Waals surface area contributed by atoms with E-state index in [1.54, 1.807) is 6.42 Å². The van der Waals surface area contributed by atoms with Gasteiger partial charge >= 0.3 is 0 Å².